The summed E-state index contributed by atoms with van der Waals surface area (Å²) < 4.78 is 11.4. The molecule has 0 saturated heterocycles. The number of ether oxygens (including phenoxy) is 2. The van der Waals surface area contributed by atoms with Crippen molar-refractivity contribution < 1.29 is 19.1 Å². The number of hydrazone groups is 1. The summed E-state index contributed by atoms with van der Waals surface area (Å²) in [5.74, 6) is -0.0867. The molecule has 0 aliphatic rings. The lowest BCUT2D eigenvalue weighted by atomic mass is 10.2. The largest absolute Gasteiger partial charge is 0.493 e. The SMILES string of the molecule is COc1cc(C=NNC(C)=O)ccc1OC(=O)c1cccc(Br)c1. The third-order valence-corrected chi connectivity index (χ3v) is 3.38. The van der Waals surface area contributed by atoms with Crippen molar-refractivity contribution in [2.45, 2.75) is 6.92 Å². The molecule has 24 heavy (non-hydrogen) atoms. The van der Waals surface area contributed by atoms with Crippen molar-refractivity contribution in [3.63, 3.8) is 0 Å². The summed E-state index contributed by atoms with van der Waals surface area (Å²) >= 11 is 3.31. The molecule has 0 saturated carbocycles. The number of carbonyl (C=O) groups excluding carboxylic acids is 2. The van der Waals surface area contributed by atoms with Crippen LogP contribution >= 0.6 is 15.9 Å². The van der Waals surface area contributed by atoms with E-state index in [1.807, 2.05) is 6.07 Å². The van der Waals surface area contributed by atoms with Crippen LogP contribution in [0.4, 0.5) is 0 Å². The highest BCUT2D eigenvalue weighted by atomic mass is 79.9. The molecule has 0 bridgehead atoms. The van der Waals surface area contributed by atoms with Gasteiger partial charge in [0.1, 0.15) is 0 Å². The van der Waals surface area contributed by atoms with Crippen molar-refractivity contribution in [3.05, 3.63) is 58.1 Å². The summed E-state index contributed by atoms with van der Waals surface area (Å²) in [5.41, 5.74) is 3.41. The number of methoxy groups -OCH3 is 1. The molecule has 124 valence electrons. The van der Waals surface area contributed by atoms with E-state index < -0.39 is 5.97 Å². The van der Waals surface area contributed by atoms with Crippen molar-refractivity contribution in [2.75, 3.05) is 7.11 Å². The molecule has 0 heterocycles. The minimum absolute atomic E-state index is 0.266. The molecule has 0 radical (unpaired) electrons. The number of halogens is 1. The van der Waals surface area contributed by atoms with E-state index >= 15 is 0 Å². The molecule has 0 atom stereocenters. The molecule has 2 aromatic rings. The van der Waals surface area contributed by atoms with Gasteiger partial charge in [0.2, 0.25) is 5.91 Å². The zero-order valence-corrected chi connectivity index (χ0v) is 14.7. The summed E-state index contributed by atoms with van der Waals surface area (Å²) in [6, 6.07) is 11.8. The van der Waals surface area contributed by atoms with Gasteiger partial charge in [0, 0.05) is 11.4 Å². The van der Waals surface area contributed by atoms with Crippen LogP contribution in [-0.4, -0.2) is 25.2 Å². The van der Waals surface area contributed by atoms with E-state index in [0.717, 1.165) is 4.47 Å². The van der Waals surface area contributed by atoms with Crippen LogP contribution in [0.5, 0.6) is 11.5 Å². The van der Waals surface area contributed by atoms with E-state index in [1.165, 1.54) is 20.2 Å². The van der Waals surface area contributed by atoms with Gasteiger partial charge in [-0.25, -0.2) is 10.2 Å². The molecular weight excluding hydrogens is 376 g/mol. The van der Waals surface area contributed by atoms with Crippen LogP contribution < -0.4 is 14.9 Å². The Labute approximate surface area is 147 Å². The zero-order valence-electron chi connectivity index (χ0n) is 13.1. The van der Waals surface area contributed by atoms with Crippen molar-refractivity contribution in [2.24, 2.45) is 5.10 Å². The first-order valence-corrected chi connectivity index (χ1v) is 7.74. The smallest absolute Gasteiger partial charge is 0.343 e. The highest BCUT2D eigenvalue weighted by Gasteiger charge is 2.13. The van der Waals surface area contributed by atoms with Gasteiger partial charge in [-0.3, -0.25) is 4.79 Å². The van der Waals surface area contributed by atoms with E-state index in [0.29, 0.717) is 22.6 Å². The first kappa shape index (κ1) is 17.7. The van der Waals surface area contributed by atoms with Crippen molar-refractivity contribution in [1.29, 1.82) is 0 Å². The summed E-state index contributed by atoms with van der Waals surface area (Å²) in [4.78, 5) is 23.0. The van der Waals surface area contributed by atoms with E-state index in [-0.39, 0.29) is 5.91 Å². The summed E-state index contributed by atoms with van der Waals surface area (Å²) in [5, 5.41) is 3.77. The number of benzene rings is 2. The third kappa shape index (κ3) is 4.92. The first-order valence-electron chi connectivity index (χ1n) is 6.95. The molecule has 2 aromatic carbocycles. The van der Waals surface area contributed by atoms with Gasteiger partial charge in [0.05, 0.1) is 18.9 Å². The predicted octanol–water partition coefficient (Wildman–Crippen LogP) is 3.15. The molecule has 1 amide bonds. The Hall–Kier alpha value is -2.67. The Morgan fingerprint density at radius 1 is 1.17 bits per heavy atom. The Morgan fingerprint density at radius 3 is 2.62 bits per heavy atom. The van der Waals surface area contributed by atoms with Gasteiger partial charge in [-0.1, -0.05) is 22.0 Å². The topological polar surface area (TPSA) is 77.0 Å². The highest BCUT2D eigenvalue weighted by molar-refractivity contribution is 9.10. The lowest BCUT2D eigenvalue weighted by Crippen LogP contribution is -2.12. The van der Waals surface area contributed by atoms with Gasteiger partial charge in [0.25, 0.3) is 0 Å². The van der Waals surface area contributed by atoms with Gasteiger partial charge in [0.15, 0.2) is 11.5 Å². The van der Waals surface area contributed by atoms with E-state index in [9.17, 15) is 9.59 Å². The van der Waals surface area contributed by atoms with Gasteiger partial charge < -0.3 is 9.47 Å². The quantitative estimate of drug-likeness (QED) is 0.368. The maximum Gasteiger partial charge on any atom is 0.343 e. The normalized spacial score (nSPS) is 10.5. The number of hydrogen-bond donors (Lipinski definition) is 1. The second-order valence-corrected chi connectivity index (χ2v) is 5.65. The van der Waals surface area contributed by atoms with Crippen LogP contribution in [0.3, 0.4) is 0 Å². The molecule has 0 aromatic heterocycles. The lowest BCUT2D eigenvalue weighted by molar-refractivity contribution is -0.118. The molecule has 0 fully saturated rings. The highest BCUT2D eigenvalue weighted by Crippen LogP contribution is 2.28. The van der Waals surface area contributed by atoms with Crippen LogP contribution in [0, 0.1) is 0 Å². The number of nitrogens with one attached hydrogen (secondary N) is 1. The van der Waals surface area contributed by atoms with Gasteiger partial charge in [-0.2, -0.15) is 5.10 Å². The minimum Gasteiger partial charge on any atom is -0.493 e. The van der Waals surface area contributed by atoms with Crippen molar-refractivity contribution in [1.82, 2.24) is 5.43 Å². The molecule has 1 N–H and O–H groups in total. The van der Waals surface area contributed by atoms with Crippen LogP contribution in [0.25, 0.3) is 0 Å². The molecule has 2 rings (SSSR count). The number of amides is 1. The fourth-order valence-electron chi connectivity index (χ4n) is 1.82. The summed E-state index contributed by atoms with van der Waals surface area (Å²) in [6.07, 6.45) is 1.46. The lowest BCUT2D eigenvalue weighted by Gasteiger charge is -2.10. The zero-order chi connectivity index (χ0) is 17.5. The molecular formula is C17H15BrN2O4. The second kappa shape index (κ2) is 8.26. The monoisotopic (exact) mass is 390 g/mol. The number of esters is 1. The first-order chi connectivity index (χ1) is 11.5. The average Bonchev–Trinajstić information content (AvgIpc) is 2.55. The Bertz CT molecular complexity index is 790. The summed E-state index contributed by atoms with van der Waals surface area (Å²) in [7, 11) is 1.47. The molecule has 7 heteroatoms. The molecule has 0 unspecified atom stereocenters. The third-order valence-electron chi connectivity index (χ3n) is 2.89. The van der Waals surface area contributed by atoms with Crippen LogP contribution in [-0.2, 0) is 4.79 Å². The minimum atomic E-state index is -0.491. The molecule has 0 aliphatic heterocycles. The average molecular weight is 391 g/mol. The van der Waals surface area contributed by atoms with E-state index in [2.05, 4.69) is 26.5 Å². The number of hydrogen-bond acceptors (Lipinski definition) is 5. The van der Waals surface area contributed by atoms with E-state index in [1.54, 1.807) is 36.4 Å². The number of nitrogens with zero attached hydrogens (tertiary/aromatic N) is 1. The van der Waals surface area contributed by atoms with Gasteiger partial charge in [-0.05, 0) is 42.0 Å². The summed E-state index contributed by atoms with van der Waals surface area (Å²) in [6.45, 7) is 1.36. The van der Waals surface area contributed by atoms with Crippen molar-refractivity contribution >= 4 is 34.0 Å². The fourth-order valence-corrected chi connectivity index (χ4v) is 2.22. The number of rotatable bonds is 5. The van der Waals surface area contributed by atoms with Crippen LogP contribution in [0.15, 0.2) is 52.0 Å². The molecule has 0 spiro atoms. The number of carbonyl (C=O) groups is 2. The standard InChI is InChI=1S/C17H15BrN2O4/c1-11(21)20-19-10-12-6-7-15(16(8-12)23-2)24-17(22)13-4-3-5-14(18)9-13/h3-10H,1-2H3,(H,20,21). The fraction of sp³-hybridized carbons (Fsp3) is 0.118. The molecule has 0 aliphatic carbocycles. The Kier molecular flexibility index (Phi) is 6.08. The van der Waals surface area contributed by atoms with E-state index in [4.69, 9.17) is 9.47 Å². The second-order valence-electron chi connectivity index (χ2n) is 4.74. The predicted molar refractivity (Wildman–Crippen MR) is 93.5 cm³/mol. The van der Waals surface area contributed by atoms with Gasteiger partial charge >= 0.3 is 5.97 Å². The maximum absolute atomic E-state index is 12.2. The maximum atomic E-state index is 12.2. The Balaban J connectivity index is 2.17. The Morgan fingerprint density at radius 2 is 1.96 bits per heavy atom. The van der Waals surface area contributed by atoms with Crippen molar-refractivity contribution in [3.8, 4) is 11.5 Å². The van der Waals surface area contributed by atoms with Crippen LogP contribution in [0.2, 0.25) is 0 Å². The van der Waals surface area contributed by atoms with Crippen LogP contribution in [0.1, 0.15) is 22.8 Å². The molecule has 6 nitrogen and oxygen atoms in total. The van der Waals surface area contributed by atoms with Gasteiger partial charge in [-0.15, -0.1) is 0 Å².